The summed E-state index contributed by atoms with van der Waals surface area (Å²) < 4.78 is 34.4. The molecule has 0 bridgehead atoms. The summed E-state index contributed by atoms with van der Waals surface area (Å²) in [6.45, 7) is 0. The third-order valence-electron chi connectivity index (χ3n) is 5.55. The molecule has 41 heavy (non-hydrogen) atoms. The zero-order valence-electron chi connectivity index (χ0n) is 21.8. The maximum atomic E-state index is 13.0. The standard InChI is InChI=1S/C27H24N8O5S/c1-39-27(36)21-24(33-30-17-11-5-3-6-12-17)22(28)26(35-31-18-13-7-4-8-14-18)23(29)25(21)34-32-19-15-9-10-16-20(19)41(37,38)40-2/h3-16,28,31H,29H2,1-2H3/b28-22?,33-30+,34-32+,35-26-. The molecule has 4 N–H and O–H groups in total. The average Bonchev–Trinajstić information content (AvgIpc) is 3.00. The molecule has 0 radical (unpaired) electrons. The number of carbonyl (C=O) groups is 1. The van der Waals surface area contributed by atoms with Crippen LogP contribution in [0.4, 0.5) is 17.1 Å². The fourth-order valence-corrected chi connectivity index (χ4v) is 4.32. The maximum absolute atomic E-state index is 13.0. The number of methoxy groups -OCH3 is 1. The number of anilines is 1. The number of esters is 1. The van der Waals surface area contributed by atoms with Gasteiger partial charge in [0.25, 0.3) is 10.1 Å². The molecular formula is C27H24N8O5S. The molecule has 14 heteroatoms. The number of nitrogens with one attached hydrogen (secondary N) is 2. The Morgan fingerprint density at radius 1 is 0.829 bits per heavy atom. The molecule has 0 saturated carbocycles. The second-order valence-corrected chi connectivity index (χ2v) is 9.80. The fraction of sp³-hybridized carbons (Fsp3) is 0.0741. The lowest BCUT2D eigenvalue weighted by atomic mass is 9.94. The first-order valence-corrected chi connectivity index (χ1v) is 13.3. The van der Waals surface area contributed by atoms with Crippen molar-refractivity contribution >= 4 is 44.6 Å². The number of hydrazone groups is 1. The quantitative estimate of drug-likeness (QED) is 0.106. The molecule has 3 aromatic rings. The first-order valence-electron chi connectivity index (χ1n) is 11.9. The number of hydrogen-bond donors (Lipinski definition) is 3. The lowest BCUT2D eigenvalue weighted by Gasteiger charge is -2.20. The molecule has 0 aliphatic heterocycles. The van der Waals surface area contributed by atoms with Gasteiger partial charge in [-0.1, -0.05) is 48.5 Å². The van der Waals surface area contributed by atoms with Crippen molar-refractivity contribution in [3.63, 3.8) is 0 Å². The minimum atomic E-state index is -4.14. The maximum Gasteiger partial charge on any atom is 0.342 e. The molecule has 13 nitrogen and oxygen atoms in total. The summed E-state index contributed by atoms with van der Waals surface area (Å²) in [4.78, 5) is 12.8. The highest BCUT2D eigenvalue weighted by molar-refractivity contribution is 7.87. The Hall–Kier alpha value is -5.34. The minimum Gasteiger partial charge on any atom is -0.465 e. The molecule has 208 valence electrons. The van der Waals surface area contributed by atoms with E-state index >= 15 is 0 Å². The zero-order valence-corrected chi connectivity index (χ0v) is 22.7. The van der Waals surface area contributed by atoms with Crippen molar-refractivity contribution in [2.45, 2.75) is 4.90 Å². The Morgan fingerprint density at radius 3 is 2.10 bits per heavy atom. The zero-order chi connectivity index (χ0) is 29.4. The van der Waals surface area contributed by atoms with E-state index in [1.54, 1.807) is 60.7 Å². The normalized spacial score (nSPS) is 15.3. The first kappa shape index (κ1) is 28.7. The Bertz CT molecular complexity index is 1730. The minimum absolute atomic E-state index is 0.0899. The number of allylic oxidation sites excluding steroid dienone is 2. The molecule has 1 aliphatic rings. The Kier molecular flexibility index (Phi) is 8.86. The van der Waals surface area contributed by atoms with Crippen LogP contribution in [0.5, 0.6) is 0 Å². The summed E-state index contributed by atoms with van der Waals surface area (Å²) in [6.07, 6.45) is 0. The van der Waals surface area contributed by atoms with E-state index in [1.807, 2.05) is 6.07 Å². The fourth-order valence-electron chi connectivity index (χ4n) is 3.53. The molecule has 0 aromatic heterocycles. The van der Waals surface area contributed by atoms with Crippen LogP contribution in [0.15, 0.2) is 138 Å². The van der Waals surface area contributed by atoms with Gasteiger partial charge < -0.3 is 10.5 Å². The first-order chi connectivity index (χ1) is 19.8. The number of azo groups is 2. The summed E-state index contributed by atoms with van der Waals surface area (Å²) in [5.74, 6) is -0.929. The number of ether oxygens (including phenoxy) is 1. The lowest BCUT2D eigenvalue weighted by molar-refractivity contribution is -0.135. The lowest BCUT2D eigenvalue weighted by Crippen LogP contribution is -2.32. The van der Waals surface area contributed by atoms with E-state index in [-0.39, 0.29) is 44.7 Å². The van der Waals surface area contributed by atoms with Crippen LogP contribution in [0.2, 0.25) is 0 Å². The van der Waals surface area contributed by atoms with Crippen LogP contribution in [-0.4, -0.2) is 40.0 Å². The average molecular weight is 573 g/mol. The van der Waals surface area contributed by atoms with Gasteiger partial charge in [-0.15, -0.1) is 15.3 Å². The number of benzene rings is 3. The predicted octanol–water partition coefficient (Wildman–Crippen LogP) is 4.99. The van der Waals surface area contributed by atoms with Gasteiger partial charge in [0, 0.05) is 0 Å². The van der Waals surface area contributed by atoms with Gasteiger partial charge in [0.1, 0.15) is 39.0 Å². The van der Waals surface area contributed by atoms with Gasteiger partial charge in [0.05, 0.1) is 31.3 Å². The molecule has 0 amide bonds. The van der Waals surface area contributed by atoms with E-state index in [1.165, 1.54) is 18.2 Å². The number of hydrogen-bond acceptors (Lipinski definition) is 13. The Labute approximate surface area is 235 Å². The molecule has 0 atom stereocenters. The smallest absolute Gasteiger partial charge is 0.342 e. The highest BCUT2D eigenvalue weighted by Crippen LogP contribution is 2.32. The molecule has 3 aromatic carbocycles. The van der Waals surface area contributed by atoms with Crippen molar-refractivity contribution in [2.75, 3.05) is 19.6 Å². The van der Waals surface area contributed by atoms with Crippen LogP contribution >= 0.6 is 0 Å². The Balaban J connectivity index is 1.91. The van der Waals surface area contributed by atoms with E-state index < -0.39 is 16.1 Å². The number of rotatable bonds is 9. The van der Waals surface area contributed by atoms with Gasteiger partial charge >= 0.3 is 5.97 Å². The van der Waals surface area contributed by atoms with E-state index in [0.29, 0.717) is 11.4 Å². The highest BCUT2D eigenvalue weighted by Gasteiger charge is 2.35. The molecule has 1 aliphatic carbocycles. The highest BCUT2D eigenvalue weighted by atomic mass is 32.2. The molecule has 0 unspecified atom stereocenters. The third kappa shape index (κ3) is 6.46. The molecule has 4 rings (SSSR count). The van der Waals surface area contributed by atoms with Crippen LogP contribution in [0.3, 0.4) is 0 Å². The van der Waals surface area contributed by atoms with Crippen molar-refractivity contribution in [2.24, 2.45) is 31.3 Å². The van der Waals surface area contributed by atoms with E-state index in [2.05, 4.69) is 35.2 Å². The van der Waals surface area contributed by atoms with Crippen LogP contribution in [0.1, 0.15) is 0 Å². The third-order valence-corrected chi connectivity index (χ3v) is 6.87. The van der Waals surface area contributed by atoms with Crippen LogP contribution < -0.4 is 11.2 Å². The largest absolute Gasteiger partial charge is 0.465 e. The summed E-state index contributed by atoms with van der Waals surface area (Å²) in [5.41, 5.74) is 8.68. The summed E-state index contributed by atoms with van der Waals surface area (Å²) in [7, 11) is -1.99. The Morgan fingerprint density at radius 2 is 1.44 bits per heavy atom. The molecule has 0 saturated heterocycles. The van der Waals surface area contributed by atoms with Crippen LogP contribution in [0, 0.1) is 5.41 Å². The second-order valence-electron chi connectivity index (χ2n) is 8.11. The monoisotopic (exact) mass is 572 g/mol. The molecular weight excluding hydrogens is 548 g/mol. The van der Waals surface area contributed by atoms with Gasteiger partial charge in [-0.05, 0) is 36.4 Å². The van der Waals surface area contributed by atoms with Crippen molar-refractivity contribution in [1.82, 2.24) is 0 Å². The summed E-state index contributed by atoms with van der Waals surface area (Å²) in [6, 6.07) is 23.2. The van der Waals surface area contributed by atoms with Crippen LogP contribution in [0.25, 0.3) is 0 Å². The molecule has 0 heterocycles. The molecule has 0 fully saturated rings. The topological polar surface area (TPSA) is 193 Å². The van der Waals surface area contributed by atoms with E-state index in [9.17, 15) is 13.2 Å². The number of carbonyl (C=O) groups excluding carboxylic acids is 1. The summed E-state index contributed by atoms with van der Waals surface area (Å²) >= 11 is 0. The van der Waals surface area contributed by atoms with Gasteiger partial charge in [-0.3, -0.25) is 15.0 Å². The number of para-hydroxylation sites is 1. The van der Waals surface area contributed by atoms with Crippen LogP contribution in [-0.2, 0) is 23.8 Å². The van der Waals surface area contributed by atoms with Crippen molar-refractivity contribution in [3.05, 3.63) is 108 Å². The predicted molar refractivity (Wildman–Crippen MR) is 152 cm³/mol. The summed E-state index contributed by atoms with van der Waals surface area (Å²) in [5, 5.41) is 29.6. The van der Waals surface area contributed by atoms with E-state index in [4.69, 9.17) is 15.9 Å². The number of nitrogens with two attached hydrogens (primary N) is 1. The van der Waals surface area contributed by atoms with Gasteiger partial charge in [0.2, 0.25) is 0 Å². The second kappa shape index (κ2) is 12.7. The van der Waals surface area contributed by atoms with Gasteiger partial charge in [0.15, 0.2) is 0 Å². The number of nitrogens with zero attached hydrogens (tertiary/aromatic N) is 5. The van der Waals surface area contributed by atoms with Crippen molar-refractivity contribution in [3.8, 4) is 0 Å². The van der Waals surface area contributed by atoms with Gasteiger partial charge in [-0.2, -0.15) is 18.6 Å². The van der Waals surface area contributed by atoms with E-state index in [0.717, 1.165) is 14.2 Å². The van der Waals surface area contributed by atoms with Gasteiger partial charge in [-0.25, -0.2) is 4.79 Å². The van der Waals surface area contributed by atoms with Crippen molar-refractivity contribution in [1.29, 1.82) is 5.41 Å². The van der Waals surface area contributed by atoms with Crippen molar-refractivity contribution < 1.29 is 22.1 Å². The SMILES string of the molecule is COC(=O)C1=C(/N=N/c2ccccc2)C(=N)/C(=N/Nc2ccccc2)C(N)=C1/N=N/c1ccccc1S(=O)(=O)OC. The molecule has 0 spiro atoms.